The molecule has 0 radical (unpaired) electrons. The number of rotatable bonds is 8. The molecule has 166 valence electrons. The molecular formula is C20H21N7O4S. The molecule has 12 heteroatoms. The molecule has 3 aromatic heterocycles. The molecule has 4 rings (SSSR count). The monoisotopic (exact) mass is 455 g/mol. The zero-order valence-corrected chi connectivity index (χ0v) is 18.2. The highest BCUT2D eigenvalue weighted by Gasteiger charge is 2.16. The molecule has 0 unspecified atom stereocenters. The number of nitrogens with one attached hydrogen (secondary N) is 3. The van der Waals surface area contributed by atoms with Gasteiger partial charge in [-0.3, -0.25) is 4.57 Å². The average Bonchev–Trinajstić information content (AvgIpc) is 3.05. The van der Waals surface area contributed by atoms with Gasteiger partial charge in [0, 0.05) is 26.3 Å². The van der Waals surface area contributed by atoms with Crippen LogP contribution in [0, 0.1) is 6.92 Å². The first-order chi connectivity index (χ1) is 15.3. The number of benzene rings is 1. The van der Waals surface area contributed by atoms with Crippen LogP contribution in [0.4, 0.5) is 17.5 Å². The summed E-state index contributed by atoms with van der Waals surface area (Å²) < 4.78 is 33.9. The van der Waals surface area contributed by atoms with Gasteiger partial charge in [0.25, 0.3) is 0 Å². The number of anilines is 3. The van der Waals surface area contributed by atoms with Gasteiger partial charge in [-0.25, -0.2) is 22.9 Å². The van der Waals surface area contributed by atoms with E-state index in [0.29, 0.717) is 35.1 Å². The van der Waals surface area contributed by atoms with Gasteiger partial charge in [-0.05, 0) is 55.0 Å². The Morgan fingerprint density at radius 3 is 2.53 bits per heavy atom. The second-order valence-electron chi connectivity index (χ2n) is 7.03. The summed E-state index contributed by atoms with van der Waals surface area (Å²) in [5.74, 6) is 1.16. The molecule has 3 N–H and O–H groups in total. The highest BCUT2D eigenvalue weighted by atomic mass is 32.2. The third kappa shape index (κ3) is 4.76. The van der Waals surface area contributed by atoms with Crippen LogP contribution in [0.5, 0.6) is 0 Å². The fourth-order valence-corrected chi connectivity index (χ4v) is 4.01. The summed E-state index contributed by atoms with van der Waals surface area (Å²) in [6.45, 7) is 2.39. The van der Waals surface area contributed by atoms with Gasteiger partial charge in [0.05, 0.1) is 10.4 Å². The maximum atomic E-state index is 12.5. The van der Waals surface area contributed by atoms with Gasteiger partial charge in [0.2, 0.25) is 10.0 Å². The third-order valence-corrected chi connectivity index (χ3v) is 6.09. The van der Waals surface area contributed by atoms with Crippen LogP contribution < -0.4 is 21.1 Å². The van der Waals surface area contributed by atoms with Gasteiger partial charge in [-0.2, -0.15) is 0 Å². The number of nitrogens with zero attached hydrogens (tertiary/aromatic N) is 4. The molecule has 0 aliphatic rings. The van der Waals surface area contributed by atoms with Crippen molar-refractivity contribution in [2.24, 2.45) is 7.05 Å². The number of hydrogen-bond acceptors (Lipinski definition) is 9. The van der Waals surface area contributed by atoms with Gasteiger partial charge in [-0.1, -0.05) is 0 Å². The highest BCUT2D eigenvalue weighted by molar-refractivity contribution is 7.89. The number of oxazole rings is 1. The van der Waals surface area contributed by atoms with Crippen molar-refractivity contribution in [2.45, 2.75) is 11.8 Å². The largest absolute Gasteiger partial charge is 0.419 e. The van der Waals surface area contributed by atoms with Crippen LogP contribution in [0.3, 0.4) is 0 Å². The van der Waals surface area contributed by atoms with E-state index in [2.05, 4.69) is 30.5 Å². The summed E-state index contributed by atoms with van der Waals surface area (Å²) in [5.41, 5.74) is 1.80. The minimum atomic E-state index is -3.76. The molecule has 0 saturated heterocycles. The van der Waals surface area contributed by atoms with E-state index >= 15 is 0 Å². The summed E-state index contributed by atoms with van der Waals surface area (Å²) in [4.78, 5) is 15.8. The molecule has 4 aromatic rings. The first-order valence-electron chi connectivity index (χ1n) is 9.68. The number of aromatic nitrogens is 4. The van der Waals surface area contributed by atoms with E-state index in [0.717, 1.165) is 5.56 Å². The van der Waals surface area contributed by atoms with Gasteiger partial charge >= 0.3 is 5.76 Å². The van der Waals surface area contributed by atoms with Crippen molar-refractivity contribution in [2.75, 3.05) is 23.7 Å². The lowest BCUT2D eigenvalue weighted by Crippen LogP contribution is -2.29. The Balaban J connectivity index is 1.31. The summed E-state index contributed by atoms with van der Waals surface area (Å²) in [5, 5.41) is 14.2. The molecule has 1 aromatic carbocycles. The van der Waals surface area contributed by atoms with Gasteiger partial charge < -0.3 is 15.1 Å². The molecule has 0 atom stereocenters. The molecule has 0 saturated carbocycles. The average molecular weight is 456 g/mol. The molecule has 0 amide bonds. The molecule has 0 aliphatic carbocycles. The summed E-state index contributed by atoms with van der Waals surface area (Å²) in [6, 6.07) is 11.5. The van der Waals surface area contributed by atoms with Crippen LogP contribution in [0.15, 0.2) is 62.8 Å². The van der Waals surface area contributed by atoms with Crippen LogP contribution >= 0.6 is 0 Å². The molecule has 11 nitrogen and oxygen atoms in total. The van der Waals surface area contributed by atoms with E-state index in [9.17, 15) is 13.2 Å². The van der Waals surface area contributed by atoms with Crippen molar-refractivity contribution in [1.82, 2.24) is 24.5 Å². The lowest BCUT2D eigenvalue weighted by molar-refractivity contribution is 0.528. The topological polar surface area (TPSA) is 144 Å². The molecular weight excluding hydrogens is 434 g/mol. The first-order valence-corrected chi connectivity index (χ1v) is 11.2. The molecule has 0 bridgehead atoms. The Morgan fingerprint density at radius 1 is 1.00 bits per heavy atom. The Labute approximate surface area is 183 Å². The van der Waals surface area contributed by atoms with Gasteiger partial charge in [0.1, 0.15) is 11.6 Å². The molecule has 3 heterocycles. The minimum absolute atomic E-state index is 0.0429. The Hall–Kier alpha value is -3.77. The summed E-state index contributed by atoms with van der Waals surface area (Å²) in [6.07, 6.45) is 1.70. The first kappa shape index (κ1) is 21.5. The third-order valence-electron chi connectivity index (χ3n) is 4.63. The lowest BCUT2D eigenvalue weighted by Gasteiger charge is -2.09. The number of sulfonamides is 1. The van der Waals surface area contributed by atoms with Gasteiger partial charge in [0.15, 0.2) is 11.4 Å². The van der Waals surface area contributed by atoms with E-state index < -0.39 is 15.8 Å². The van der Waals surface area contributed by atoms with Crippen molar-refractivity contribution in [3.63, 3.8) is 0 Å². The number of fused-ring (bicyclic) bond motifs is 1. The minimum Gasteiger partial charge on any atom is -0.408 e. The predicted octanol–water partition coefficient (Wildman–Crippen LogP) is 1.76. The molecule has 0 aliphatic heterocycles. The maximum Gasteiger partial charge on any atom is 0.419 e. The second-order valence-corrected chi connectivity index (χ2v) is 8.80. The number of pyridine rings is 1. The maximum absolute atomic E-state index is 12.5. The number of aryl methyl sites for hydroxylation is 2. The Morgan fingerprint density at radius 2 is 1.78 bits per heavy atom. The van der Waals surface area contributed by atoms with Crippen molar-refractivity contribution in [1.29, 1.82) is 0 Å². The smallest absolute Gasteiger partial charge is 0.408 e. The summed E-state index contributed by atoms with van der Waals surface area (Å²) in [7, 11) is -2.24. The fraction of sp³-hybridized carbons (Fsp3) is 0.200. The standard InChI is InChI=1S/C20H21N7O4S/c1-13-7-8-21-19(11-13)24-18-6-5-17(25-26-18)22-9-10-23-32(29,30)14-3-4-16-15(12-14)27(2)20(28)31-16/h3-8,11-12,23H,9-10H2,1-2H3,(H,22,25)(H,21,24,26). The van der Waals surface area contributed by atoms with Crippen molar-refractivity contribution in [3.8, 4) is 0 Å². The van der Waals surface area contributed by atoms with Crippen molar-refractivity contribution >= 4 is 38.6 Å². The van der Waals surface area contributed by atoms with Crippen LogP contribution in [0.1, 0.15) is 5.56 Å². The van der Waals surface area contributed by atoms with E-state index in [-0.39, 0.29) is 11.4 Å². The molecule has 0 spiro atoms. The number of hydrogen-bond donors (Lipinski definition) is 3. The highest BCUT2D eigenvalue weighted by Crippen LogP contribution is 2.18. The predicted molar refractivity (Wildman–Crippen MR) is 119 cm³/mol. The van der Waals surface area contributed by atoms with Crippen LogP contribution in [-0.2, 0) is 17.1 Å². The quantitative estimate of drug-likeness (QED) is 0.338. The second kappa shape index (κ2) is 8.77. The van der Waals surface area contributed by atoms with E-state index in [1.54, 1.807) is 18.3 Å². The molecule has 0 fully saturated rings. The fourth-order valence-electron chi connectivity index (χ4n) is 2.96. The van der Waals surface area contributed by atoms with Crippen LogP contribution in [0.25, 0.3) is 11.1 Å². The zero-order chi connectivity index (χ0) is 22.7. The summed E-state index contributed by atoms with van der Waals surface area (Å²) >= 11 is 0. The zero-order valence-electron chi connectivity index (χ0n) is 17.4. The Kier molecular flexibility index (Phi) is 5.88. The van der Waals surface area contributed by atoms with Crippen LogP contribution in [0.2, 0.25) is 0 Å². The van der Waals surface area contributed by atoms with Gasteiger partial charge in [-0.15, -0.1) is 10.2 Å². The van der Waals surface area contributed by atoms with E-state index in [1.165, 1.54) is 29.8 Å². The molecule has 32 heavy (non-hydrogen) atoms. The SMILES string of the molecule is Cc1ccnc(Nc2ccc(NCCNS(=O)(=O)c3ccc4oc(=O)n(C)c4c3)nn2)c1. The van der Waals surface area contributed by atoms with Crippen molar-refractivity contribution < 1.29 is 12.8 Å². The normalized spacial score (nSPS) is 11.6. The van der Waals surface area contributed by atoms with Crippen molar-refractivity contribution in [3.05, 3.63) is 64.8 Å². The Bertz CT molecular complexity index is 1410. The van der Waals surface area contributed by atoms with E-state index in [1.807, 2.05) is 19.1 Å². The van der Waals surface area contributed by atoms with Crippen LogP contribution in [-0.4, -0.2) is 41.3 Å². The lowest BCUT2D eigenvalue weighted by atomic mass is 10.3. The van der Waals surface area contributed by atoms with E-state index in [4.69, 9.17) is 4.42 Å².